The van der Waals surface area contributed by atoms with Gasteiger partial charge in [0.05, 0.1) is 5.92 Å². The fraction of sp³-hybridized carbons (Fsp3) is 0.568. The fourth-order valence-electron chi connectivity index (χ4n) is 6.88. The number of hydrogen-bond donors (Lipinski definition) is 0. The minimum Gasteiger partial charge on any atom is -0.460 e. The van der Waals surface area contributed by atoms with Gasteiger partial charge in [0, 0.05) is 5.57 Å². The van der Waals surface area contributed by atoms with Gasteiger partial charge in [-0.25, -0.2) is 4.39 Å². The van der Waals surface area contributed by atoms with E-state index in [1.165, 1.54) is 22.3 Å². The summed E-state index contributed by atoms with van der Waals surface area (Å²) in [5.41, 5.74) is 10.7. The molecule has 2 atom stereocenters. The first-order valence-electron chi connectivity index (χ1n) is 15.9. The first kappa shape index (κ1) is 31.2. The third-order valence-electron chi connectivity index (χ3n) is 9.72. The van der Waals surface area contributed by atoms with Crippen molar-refractivity contribution in [3.63, 3.8) is 0 Å². The van der Waals surface area contributed by atoms with E-state index in [0.29, 0.717) is 11.5 Å². The van der Waals surface area contributed by atoms with Crippen molar-refractivity contribution in [1.82, 2.24) is 0 Å². The number of aryl methyl sites for hydroxylation is 1. The summed E-state index contributed by atoms with van der Waals surface area (Å²) in [5.74, 6) is 0.0363. The normalized spacial score (nSPS) is 22.2. The molecule has 4 heteroatoms. The van der Waals surface area contributed by atoms with E-state index < -0.39 is 0 Å². The molecule has 0 aromatic heterocycles. The van der Waals surface area contributed by atoms with Gasteiger partial charge in [-0.2, -0.15) is 0 Å². The lowest BCUT2D eigenvalue weighted by molar-refractivity contribution is -0.150. The van der Waals surface area contributed by atoms with Crippen molar-refractivity contribution in [2.75, 3.05) is 6.61 Å². The van der Waals surface area contributed by atoms with Crippen molar-refractivity contribution < 1.29 is 18.7 Å². The van der Waals surface area contributed by atoms with Crippen molar-refractivity contribution in [2.45, 2.75) is 113 Å². The number of esters is 1. The predicted octanol–water partition coefficient (Wildman–Crippen LogP) is 9.50. The topological polar surface area (TPSA) is 43.4 Å². The molecule has 0 radical (unpaired) electrons. The number of unbranched alkanes of at least 4 members (excludes halogenated alkanes) is 1. The minimum atomic E-state index is -0.368. The Hall–Kier alpha value is -2.75. The summed E-state index contributed by atoms with van der Waals surface area (Å²) in [5, 5.41) is 0. The highest BCUT2D eigenvalue weighted by Crippen LogP contribution is 2.45. The van der Waals surface area contributed by atoms with E-state index in [9.17, 15) is 14.0 Å². The molecule has 1 aliphatic heterocycles. The summed E-state index contributed by atoms with van der Waals surface area (Å²) in [6.07, 6.45) is 14.5. The van der Waals surface area contributed by atoms with Crippen LogP contribution in [0.3, 0.4) is 0 Å². The Balaban J connectivity index is 1.95. The van der Waals surface area contributed by atoms with E-state index in [4.69, 9.17) is 4.74 Å². The van der Waals surface area contributed by atoms with Crippen molar-refractivity contribution >= 4 is 17.3 Å². The van der Waals surface area contributed by atoms with Crippen LogP contribution in [0.4, 0.5) is 4.39 Å². The molecule has 1 saturated carbocycles. The Morgan fingerprint density at radius 3 is 2.49 bits per heavy atom. The van der Waals surface area contributed by atoms with E-state index >= 15 is 0 Å². The quantitative estimate of drug-likeness (QED) is 0.211. The zero-order valence-corrected chi connectivity index (χ0v) is 26.3. The SMILES string of the molecule is CCC/C=C(C(/CC(C)CC)=C1/CCCc2c(C)c(F)cc(C)c21)\C(C)=C\C1=C(C(C)=O)COC(=O)C1C1CCC1. The highest BCUT2D eigenvalue weighted by molar-refractivity contribution is 5.98. The van der Waals surface area contributed by atoms with Gasteiger partial charge >= 0.3 is 5.97 Å². The first-order valence-corrected chi connectivity index (χ1v) is 15.9. The molecule has 1 aromatic carbocycles. The molecule has 1 fully saturated rings. The summed E-state index contributed by atoms with van der Waals surface area (Å²) in [7, 11) is 0. The highest BCUT2D eigenvalue weighted by Gasteiger charge is 2.40. The van der Waals surface area contributed by atoms with E-state index in [1.54, 1.807) is 13.0 Å². The number of allylic oxidation sites excluding steroid dienone is 6. The van der Waals surface area contributed by atoms with Crippen LogP contribution >= 0.6 is 0 Å². The Labute approximate surface area is 247 Å². The first-order chi connectivity index (χ1) is 19.6. The second-order valence-corrected chi connectivity index (χ2v) is 12.7. The van der Waals surface area contributed by atoms with Gasteiger partial charge in [0.15, 0.2) is 5.78 Å². The third-order valence-corrected chi connectivity index (χ3v) is 9.72. The number of halogens is 1. The van der Waals surface area contributed by atoms with Gasteiger partial charge in [0.1, 0.15) is 12.4 Å². The van der Waals surface area contributed by atoms with Crippen molar-refractivity contribution in [3.8, 4) is 0 Å². The summed E-state index contributed by atoms with van der Waals surface area (Å²) in [6.45, 7) is 14.5. The van der Waals surface area contributed by atoms with Gasteiger partial charge in [-0.15, -0.1) is 0 Å². The van der Waals surface area contributed by atoms with E-state index in [-0.39, 0.29) is 36.0 Å². The van der Waals surface area contributed by atoms with Crippen LogP contribution in [-0.4, -0.2) is 18.4 Å². The lowest BCUT2D eigenvalue weighted by Crippen LogP contribution is -2.37. The zero-order valence-electron chi connectivity index (χ0n) is 26.3. The average Bonchev–Trinajstić information content (AvgIpc) is 2.91. The number of fused-ring (bicyclic) bond motifs is 1. The molecule has 0 saturated heterocycles. The maximum absolute atomic E-state index is 14.8. The largest absolute Gasteiger partial charge is 0.460 e. The summed E-state index contributed by atoms with van der Waals surface area (Å²) < 4.78 is 20.4. The fourth-order valence-corrected chi connectivity index (χ4v) is 6.88. The lowest BCUT2D eigenvalue weighted by atomic mass is 9.70. The Morgan fingerprint density at radius 2 is 1.88 bits per heavy atom. The van der Waals surface area contributed by atoms with E-state index in [2.05, 4.69) is 39.8 Å². The Morgan fingerprint density at radius 1 is 1.15 bits per heavy atom. The van der Waals surface area contributed by atoms with Crippen LogP contribution in [0.5, 0.6) is 0 Å². The maximum atomic E-state index is 14.8. The monoisotopic (exact) mass is 560 g/mol. The number of benzene rings is 1. The number of ether oxygens (including phenoxy) is 1. The number of cyclic esters (lactones) is 1. The molecule has 0 amide bonds. The molecule has 1 heterocycles. The number of rotatable bonds is 10. The molecule has 1 aromatic rings. The molecule has 3 nitrogen and oxygen atoms in total. The average molecular weight is 561 g/mol. The molecule has 0 spiro atoms. The smallest absolute Gasteiger partial charge is 0.314 e. The Kier molecular flexibility index (Phi) is 10.3. The van der Waals surface area contributed by atoms with Crippen LogP contribution in [0.1, 0.15) is 115 Å². The Bertz CT molecular complexity index is 1320. The second-order valence-electron chi connectivity index (χ2n) is 12.7. The molecule has 2 unspecified atom stereocenters. The second kappa shape index (κ2) is 13.5. The van der Waals surface area contributed by atoms with Crippen molar-refractivity contribution in [2.24, 2.45) is 17.8 Å². The number of Topliss-reactive ketones (excluding diaryl/α,β-unsaturated/α-hetero) is 1. The third kappa shape index (κ3) is 6.52. The minimum absolute atomic E-state index is 0.0209. The summed E-state index contributed by atoms with van der Waals surface area (Å²) >= 11 is 0. The van der Waals surface area contributed by atoms with E-state index in [0.717, 1.165) is 92.0 Å². The van der Waals surface area contributed by atoms with Gasteiger partial charge in [0.2, 0.25) is 0 Å². The van der Waals surface area contributed by atoms with E-state index in [1.807, 2.05) is 13.8 Å². The molecule has 0 N–H and O–H groups in total. The zero-order chi connectivity index (χ0) is 29.8. The van der Waals surface area contributed by atoms with Crippen LogP contribution in [0.2, 0.25) is 0 Å². The number of carbonyl (C=O) groups is 2. The van der Waals surface area contributed by atoms with Crippen molar-refractivity contribution in [3.05, 3.63) is 74.2 Å². The molecule has 222 valence electrons. The standard InChI is InChI=1S/C37H49FO3/c1-8-10-15-28(23(4)19-32-33(26(7)39)21-41-37(40)36(32)27-13-11-14-27)31(18-22(3)9-2)30-17-12-16-29-25(6)34(38)20-24(5)35(29)30/h15,19-20,22,27,36H,8-14,16-18,21H2,1-7H3/b23-19+,28-15+,31-30-. The maximum Gasteiger partial charge on any atom is 0.314 e. The van der Waals surface area contributed by atoms with Crippen LogP contribution in [-0.2, 0) is 20.7 Å². The molecule has 3 aliphatic rings. The van der Waals surface area contributed by atoms with Gasteiger partial charge < -0.3 is 4.74 Å². The van der Waals surface area contributed by atoms with Crippen LogP contribution in [0.15, 0.2) is 46.1 Å². The van der Waals surface area contributed by atoms with Gasteiger partial charge in [0.25, 0.3) is 0 Å². The lowest BCUT2D eigenvalue weighted by Gasteiger charge is -2.36. The summed E-state index contributed by atoms with van der Waals surface area (Å²) in [4.78, 5) is 25.9. The van der Waals surface area contributed by atoms with Crippen LogP contribution < -0.4 is 0 Å². The van der Waals surface area contributed by atoms with Crippen molar-refractivity contribution in [1.29, 1.82) is 0 Å². The van der Waals surface area contributed by atoms with Crippen LogP contribution in [0, 0.1) is 37.4 Å². The van der Waals surface area contributed by atoms with Gasteiger partial charge in [-0.3, -0.25) is 9.59 Å². The molecule has 41 heavy (non-hydrogen) atoms. The highest BCUT2D eigenvalue weighted by atomic mass is 19.1. The molecule has 4 rings (SSSR count). The molecular weight excluding hydrogens is 511 g/mol. The van der Waals surface area contributed by atoms with Crippen LogP contribution in [0.25, 0.3) is 5.57 Å². The summed E-state index contributed by atoms with van der Waals surface area (Å²) in [6, 6.07) is 1.71. The molecular formula is C37H49FO3. The van der Waals surface area contributed by atoms with Gasteiger partial charge in [-0.1, -0.05) is 52.2 Å². The number of carbonyl (C=O) groups excluding carboxylic acids is 2. The van der Waals surface area contributed by atoms with Gasteiger partial charge in [-0.05, 0) is 141 Å². The molecule has 0 bridgehead atoms. The number of ketones is 1. The predicted molar refractivity (Wildman–Crippen MR) is 166 cm³/mol. The number of hydrogen-bond acceptors (Lipinski definition) is 3. The molecule has 2 aliphatic carbocycles.